The molecule has 0 aromatic carbocycles. The number of nitrogens with one attached hydrogen (secondary N) is 1. The summed E-state index contributed by atoms with van der Waals surface area (Å²) in [6.45, 7) is 2.92. The fourth-order valence-electron chi connectivity index (χ4n) is 2.19. The standard InChI is InChI=1S/C14H19N3O3/c18-13(17-7-1-2-8-17)5-6-15-10-12-4-3-11(9-16-12)14(19)20/h3-4,9,15H,1-2,5-8,10H2,(H,19,20). The lowest BCUT2D eigenvalue weighted by Crippen LogP contribution is -2.30. The number of hydrogen-bond donors (Lipinski definition) is 2. The van der Waals surface area contributed by atoms with E-state index in [0.29, 0.717) is 19.5 Å². The number of aromatic carboxylic acids is 1. The molecule has 1 aliphatic heterocycles. The van der Waals surface area contributed by atoms with Gasteiger partial charge in [-0.2, -0.15) is 0 Å². The second kappa shape index (κ2) is 7.00. The van der Waals surface area contributed by atoms with E-state index in [1.54, 1.807) is 6.07 Å². The normalized spacial score (nSPS) is 14.5. The molecular weight excluding hydrogens is 258 g/mol. The highest BCUT2D eigenvalue weighted by Gasteiger charge is 2.16. The van der Waals surface area contributed by atoms with Gasteiger partial charge in [-0.05, 0) is 25.0 Å². The van der Waals surface area contributed by atoms with Gasteiger partial charge >= 0.3 is 5.97 Å². The van der Waals surface area contributed by atoms with Crippen molar-refractivity contribution < 1.29 is 14.7 Å². The Morgan fingerprint density at radius 1 is 1.30 bits per heavy atom. The van der Waals surface area contributed by atoms with Gasteiger partial charge < -0.3 is 15.3 Å². The van der Waals surface area contributed by atoms with Crippen molar-refractivity contribution in [3.05, 3.63) is 29.6 Å². The molecule has 0 bridgehead atoms. The van der Waals surface area contributed by atoms with Crippen LogP contribution in [0.15, 0.2) is 18.3 Å². The molecule has 1 saturated heterocycles. The first-order chi connectivity index (χ1) is 9.66. The Hall–Kier alpha value is -1.95. The van der Waals surface area contributed by atoms with Crippen molar-refractivity contribution in [3.8, 4) is 0 Å². The molecule has 1 amide bonds. The monoisotopic (exact) mass is 277 g/mol. The predicted molar refractivity (Wildman–Crippen MR) is 73.3 cm³/mol. The first-order valence-electron chi connectivity index (χ1n) is 6.83. The molecule has 2 heterocycles. The smallest absolute Gasteiger partial charge is 0.337 e. The summed E-state index contributed by atoms with van der Waals surface area (Å²) < 4.78 is 0. The van der Waals surface area contributed by atoms with Gasteiger partial charge in [0.1, 0.15) is 0 Å². The minimum absolute atomic E-state index is 0.179. The topological polar surface area (TPSA) is 82.5 Å². The third-order valence-corrected chi connectivity index (χ3v) is 3.35. The molecule has 0 spiro atoms. The summed E-state index contributed by atoms with van der Waals surface area (Å²) in [7, 11) is 0. The Bertz CT molecular complexity index is 467. The van der Waals surface area contributed by atoms with Gasteiger partial charge in [0.25, 0.3) is 0 Å². The number of likely N-dealkylation sites (tertiary alicyclic amines) is 1. The van der Waals surface area contributed by atoms with Crippen LogP contribution >= 0.6 is 0 Å². The number of carboxylic acids is 1. The molecule has 1 fully saturated rings. The summed E-state index contributed by atoms with van der Waals surface area (Å²) in [5.74, 6) is -0.780. The van der Waals surface area contributed by atoms with Crippen molar-refractivity contribution in [3.63, 3.8) is 0 Å². The van der Waals surface area contributed by atoms with Gasteiger partial charge in [0.15, 0.2) is 0 Å². The van der Waals surface area contributed by atoms with Gasteiger partial charge in [-0.3, -0.25) is 9.78 Å². The first kappa shape index (κ1) is 14.5. The highest BCUT2D eigenvalue weighted by atomic mass is 16.4. The number of amides is 1. The minimum Gasteiger partial charge on any atom is -0.478 e. The fourth-order valence-corrected chi connectivity index (χ4v) is 2.19. The van der Waals surface area contributed by atoms with Crippen molar-refractivity contribution in [2.75, 3.05) is 19.6 Å². The zero-order valence-corrected chi connectivity index (χ0v) is 11.3. The Morgan fingerprint density at radius 2 is 2.05 bits per heavy atom. The fraction of sp³-hybridized carbons (Fsp3) is 0.500. The quantitative estimate of drug-likeness (QED) is 0.754. The summed E-state index contributed by atoms with van der Waals surface area (Å²) in [5, 5.41) is 11.9. The van der Waals surface area contributed by atoms with Gasteiger partial charge in [0.05, 0.1) is 11.3 Å². The Labute approximate surface area is 117 Å². The molecule has 0 atom stereocenters. The third-order valence-electron chi connectivity index (χ3n) is 3.35. The number of pyridine rings is 1. The largest absolute Gasteiger partial charge is 0.478 e. The van der Waals surface area contributed by atoms with Gasteiger partial charge in [-0.15, -0.1) is 0 Å². The first-order valence-corrected chi connectivity index (χ1v) is 6.83. The van der Waals surface area contributed by atoms with E-state index in [9.17, 15) is 9.59 Å². The van der Waals surface area contributed by atoms with Crippen LogP contribution in [0.5, 0.6) is 0 Å². The second-order valence-electron chi connectivity index (χ2n) is 4.86. The summed E-state index contributed by atoms with van der Waals surface area (Å²) in [6, 6.07) is 3.21. The van der Waals surface area contributed by atoms with E-state index >= 15 is 0 Å². The Balaban J connectivity index is 1.67. The average molecular weight is 277 g/mol. The SMILES string of the molecule is O=C(O)c1ccc(CNCCC(=O)N2CCCC2)nc1. The van der Waals surface area contributed by atoms with E-state index in [4.69, 9.17) is 5.11 Å². The van der Waals surface area contributed by atoms with Gasteiger partial charge in [0, 0.05) is 38.8 Å². The third kappa shape index (κ3) is 4.03. The maximum atomic E-state index is 11.8. The highest BCUT2D eigenvalue weighted by molar-refractivity contribution is 5.87. The zero-order chi connectivity index (χ0) is 14.4. The molecule has 0 saturated carbocycles. The van der Waals surface area contributed by atoms with Crippen molar-refractivity contribution in [1.29, 1.82) is 0 Å². The molecule has 20 heavy (non-hydrogen) atoms. The zero-order valence-electron chi connectivity index (χ0n) is 11.3. The van der Waals surface area contributed by atoms with Crippen LogP contribution in [0.3, 0.4) is 0 Å². The summed E-state index contributed by atoms with van der Waals surface area (Å²) in [4.78, 5) is 28.4. The van der Waals surface area contributed by atoms with Gasteiger partial charge in [-0.1, -0.05) is 0 Å². The van der Waals surface area contributed by atoms with E-state index in [-0.39, 0.29) is 11.5 Å². The van der Waals surface area contributed by atoms with Crippen LogP contribution in [0.4, 0.5) is 0 Å². The number of rotatable bonds is 6. The predicted octanol–water partition coefficient (Wildman–Crippen LogP) is 0.882. The van der Waals surface area contributed by atoms with Crippen molar-refractivity contribution in [1.82, 2.24) is 15.2 Å². The van der Waals surface area contributed by atoms with Crippen LogP contribution in [-0.2, 0) is 11.3 Å². The molecular formula is C14H19N3O3. The Kier molecular flexibility index (Phi) is 5.06. The number of carboxylic acid groups (broad SMARTS) is 1. The number of carbonyl (C=O) groups is 2. The average Bonchev–Trinajstić information content (AvgIpc) is 2.98. The van der Waals surface area contributed by atoms with Crippen molar-refractivity contribution in [2.24, 2.45) is 0 Å². The van der Waals surface area contributed by atoms with Crippen LogP contribution < -0.4 is 5.32 Å². The van der Waals surface area contributed by atoms with Crippen LogP contribution in [0.1, 0.15) is 35.3 Å². The number of aromatic nitrogens is 1. The summed E-state index contributed by atoms with van der Waals surface area (Å²) in [5.41, 5.74) is 0.946. The maximum absolute atomic E-state index is 11.8. The lowest BCUT2D eigenvalue weighted by molar-refractivity contribution is -0.130. The summed E-state index contributed by atoms with van der Waals surface area (Å²) >= 11 is 0. The van der Waals surface area contributed by atoms with Crippen molar-refractivity contribution >= 4 is 11.9 Å². The molecule has 0 aliphatic carbocycles. The van der Waals surface area contributed by atoms with E-state index in [1.807, 2.05) is 4.90 Å². The second-order valence-corrected chi connectivity index (χ2v) is 4.86. The molecule has 2 rings (SSSR count). The molecule has 1 aromatic heterocycles. The molecule has 2 N–H and O–H groups in total. The van der Waals surface area contributed by atoms with Gasteiger partial charge in [0.2, 0.25) is 5.91 Å². The molecule has 1 aliphatic rings. The van der Waals surface area contributed by atoms with Crippen LogP contribution in [0, 0.1) is 0 Å². The Morgan fingerprint density at radius 3 is 2.65 bits per heavy atom. The van der Waals surface area contributed by atoms with Crippen molar-refractivity contribution in [2.45, 2.75) is 25.8 Å². The molecule has 6 nitrogen and oxygen atoms in total. The van der Waals surface area contributed by atoms with Crippen LogP contribution in [0.25, 0.3) is 0 Å². The number of hydrogen-bond acceptors (Lipinski definition) is 4. The maximum Gasteiger partial charge on any atom is 0.337 e. The molecule has 108 valence electrons. The van der Waals surface area contributed by atoms with E-state index in [0.717, 1.165) is 31.6 Å². The molecule has 0 radical (unpaired) electrons. The van der Waals surface area contributed by atoms with E-state index in [2.05, 4.69) is 10.3 Å². The minimum atomic E-state index is -0.979. The number of nitrogens with zero attached hydrogens (tertiary/aromatic N) is 2. The molecule has 6 heteroatoms. The highest BCUT2D eigenvalue weighted by Crippen LogP contribution is 2.08. The lowest BCUT2D eigenvalue weighted by Gasteiger charge is -2.15. The lowest BCUT2D eigenvalue weighted by atomic mass is 10.2. The molecule has 1 aromatic rings. The van der Waals surface area contributed by atoms with E-state index in [1.165, 1.54) is 12.3 Å². The number of carbonyl (C=O) groups excluding carboxylic acids is 1. The summed E-state index contributed by atoms with van der Waals surface area (Å²) in [6.07, 6.45) is 4.06. The van der Waals surface area contributed by atoms with Gasteiger partial charge in [-0.25, -0.2) is 4.79 Å². The van der Waals surface area contributed by atoms with Crippen LogP contribution in [0.2, 0.25) is 0 Å². The van der Waals surface area contributed by atoms with Crippen LogP contribution in [-0.4, -0.2) is 46.5 Å². The van der Waals surface area contributed by atoms with E-state index < -0.39 is 5.97 Å². The molecule has 0 unspecified atom stereocenters.